The third-order valence-corrected chi connectivity index (χ3v) is 3.20. The van der Waals surface area contributed by atoms with E-state index in [9.17, 15) is 0 Å². The summed E-state index contributed by atoms with van der Waals surface area (Å²) in [5, 5.41) is 6.55. The van der Waals surface area contributed by atoms with Gasteiger partial charge in [-0.1, -0.05) is 6.92 Å². The quantitative estimate of drug-likeness (QED) is 0.579. The summed E-state index contributed by atoms with van der Waals surface area (Å²) in [6.07, 6.45) is 3.40. The lowest BCUT2D eigenvalue weighted by Gasteiger charge is -2.25. The second-order valence-corrected chi connectivity index (χ2v) is 4.30. The van der Waals surface area contributed by atoms with Gasteiger partial charge in [0.25, 0.3) is 0 Å². The van der Waals surface area contributed by atoms with E-state index in [0.29, 0.717) is 6.10 Å². The van der Waals surface area contributed by atoms with Crippen LogP contribution in [-0.2, 0) is 4.74 Å². The Kier molecular flexibility index (Phi) is 6.05. The lowest BCUT2D eigenvalue weighted by molar-refractivity contribution is 0.150. The molecule has 0 amide bonds. The van der Waals surface area contributed by atoms with Crippen molar-refractivity contribution in [3.8, 4) is 0 Å². The molecule has 4 heteroatoms. The van der Waals surface area contributed by atoms with Crippen molar-refractivity contribution in [3.05, 3.63) is 11.3 Å². The second-order valence-electron chi connectivity index (χ2n) is 4.30. The van der Waals surface area contributed by atoms with E-state index >= 15 is 0 Å². The summed E-state index contributed by atoms with van der Waals surface area (Å²) in [7, 11) is 3.74. The van der Waals surface area contributed by atoms with E-state index in [1.165, 1.54) is 5.70 Å². The standard InChI is InChI=1S/C13H25N3O/c1-5-12(14-3)10(2)13(15-4)17-11-6-8-16-9-7-11/h11,14,16H,5-9H2,1-4H3/b12-10+,15-13?. The fourth-order valence-electron chi connectivity index (χ4n) is 2.14. The van der Waals surface area contributed by atoms with Crippen LogP contribution in [0, 0.1) is 0 Å². The SMILES string of the molecule is CC/C(NC)=C(/C)C(=NC)OC1CCNCC1. The normalized spacial score (nSPS) is 19.9. The highest BCUT2D eigenvalue weighted by Gasteiger charge is 2.17. The van der Waals surface area contributed by atoms with Gasteiger partial charge in [-0.3, -0.25) is 4.99 Å². The zero-order valence-corrected chi connectivity index (χ0v) is 11.5. The summed E-state index contributed by atoms with van der Waals surface area (Å²) in [6, 6.07) is 0. The Morgan fingerprint density at radius 3 is 2.53 bits per heavy atom. The highest BCUT2D eigenvalue weighted by Crippen LogP contribution is 2.14. The monoisotopic (exact) mass is 239 g/mol. The van der Waals surface area contributed by atoms with E-state index < -0.39 is 0 Å². The molecular weight excluding hydrogens is 214 g/mol. The molecule has 0 aromatic carbocycles. The molecule has 1 aliphatic rings. The van der Waals surface area contributed by atoms with Crippen molar-refractivity contribution in [2.24, 2.45) is 4.99 Å². The maximum atomic E-state index is 6.00. The maximum Gasteiger partial charge on any atom is 0.213 e. The van der Waals surface area contributed by atoms with Crippen LogP contribution in [0.4, 0.5) is 0 Å². The molecule has 0 atom stereocenters. The number of nitrogens with one attached hydrogen (secondary N) is 2. The van der Waals surface area contributed by atoms with Crippen molar-refractivity contribution in [2.75, 3.05) is 27.2 Å². The Labute approximate surface area is 105 Å². The molecule has 17 heavy (non-hydrogen) atoms. The molecule has 0 radical (unpaired) electrons. The lowest BCUT2D eigenvalue weighted by atomic mass is 10.1. The van der Waals surface area contributed by atoms with Gasteiger partial charge < -0.3 is 15.4 Å². The van der Waals surface area contributed by atoms with Gasteiger partial charge in [-0.15, -0.1) is 0 Å². The molecule has 2 N–H and O–H groups in total. The van der Waals surface area contributed by atoms with E-state index in [4.69, 9.17) is 4.74 Å². The number of piperidine rings is 1. The minimum absolute atomic E-state index is 0.305. The molecule has 0 aromatic rings. The number of hydrogen-bond donors (Lipinski definition) is 2. The van der Waals surface area contributed by atoms with E-state index in [2.05, 4.69) is 29.5 Å². The Balaban J connectivity index is 2.68. The predicted octanol–water partition coefficient (Wildman–Crippen LogP) is 1.69. The zero-order valence-electron chi connectivity index (χ0n) is 11.5. The number of hydrogen-bond acceptors (Lipinski definition) is 4. The number of nitrogens with zero attached hydrogens (tertiary/aromatic N) is 1. The van der Waals surface area contributed by atoms with Gasteiger partial charge in [0.1, 0.15) is 6.10 Å². The fraction of sp³-hybridized carbons (Fsp3) is 0.769. The van der Waals surface area contributed by atoms with Crippen molar-refractivity contribution >= 4 is 5.90 Å². The van der Waals surface area contributed by atoms with Crippen LogP contribution in [0.3, 0.4) is 0 Å². The van der Waals surface area contributed by atoms with Gasteiger partial charge in [-0.2, -0.15) is 0 Å². The first-order chi connectivity index (χ1) is 8.22. The molecule has 0 aliphatic carbocycles. The summed E-state index contributed by atoms with van der Waals surface area (Å²) in [5.74, 6) is 0.781. The van der Waals surface area contributed by atoms with Crippen LogP contribution in [0.2, 0.25) is 0 Å². The van der Waals surface area contributed by atoms with Crippen LogP contribution < -0.4 is 10.6 Å². The third kappa shape index (κ3) is 4.04. The van der Waals surface area contributed by atoms with E-state index in [1.807, 2.05) is 7.05 Å². The molecule has 0 aromatic heterocycles. The zero-order chi connectivity index (χ0) is 12.7. The second kappa shape index (κ2) is 7.33. The van der Waals surface area contributed by atoms with Gasteiger partial charge >= 0.3 is 0 Å². The molecule has 4 nitrogen and oxygen atoms in total. The minimum Gasteiger partial charge on any atom is -0.474 e. The Morgan fingerprint density at radius 1 is 1.41 bits per heavy atom. The van der Waals surface area contributed by atoms with Crippen LogP contribution in [0.1, 0.15) is 33.1 Å². The van der Waals surface area contributed by atoms with Gasteiger partial charge in [-0.05, 0) is 39.3 Å². The molecule has 0 unspecified atom stereocenters. The molecule has 98 valence electrons. The molecule has 1 rings (SSSR count). The van der Waals surface area contributed by atoms with Crippen molar-refractivity contribution in [1.82, 2.24) is 10.6 Å². The van der Waals surface area contributed by atoms with Crippen molar-refractivity contribution < 1.29 is 4.74 Å². The molecule has 1 heterocycles. The van der Waals surface area contributed by atoms with Crippen LogP contribution >= 0.6 is 0 Å². The number of ether oxygens (including phenoxy) is 1. The maximum absolute atomic E-state index is 6.00. The van der Waals surface area contributed by atoms with Gasteiger partial charge in [0.15, 0.2) is 0 Å². The smallest absolute Gasteiger partial charge is 0.213 e. The topological polar surface area (TPSA) is 45.7 Å². The minimum atomic E-state index is 0.305. The van der Waals surface area contributed by atoms with Crippen LogP contribution in [0.15, 0.2) is 16.3 Å². The first kappa shape index (κ1) is 14.0. The molecule has 0 saturated carbocycles. The summed E-state index contributed by atoms with van der Waals surface area (Å²) >= 11 is 0. The van der Waals surface area contributed by atoms with E-state index in [1.54, 1.807) is 7.05 Å². The summed E-state index contributed by atoms with van der Waals surface area (Å²) in [6.45, 7) is 6.28. The highest BCUT2D eigenvalue weighted by molar-refractivity contribution is 5.93. The number of aliphatic imine (C=N–C) groups is 1. The van der Waals surface area contributed by atoms with Crippen molar-refractivity contribution in [3.63, 3.8) is 0 Å². The summed E-state index contributed by atoms with van der Waals surface area (Å²) in [4.78, 5) is 4.28. The predicted molar refractivity (Wildman–Crippen MR) is 72.4 cm³/mol. The van der Waals surface area contributed by atoms with Gasteiger partial charge in [-0.25, -0.2) is 0 Å². The van der Waals surface area contributed by atoms with Crippen LogP contribution in [-0.4, -0.2) is 39.2 Å². The summed E-state index contributed by atoms with van der Waals surface area (Å²) < 4.78 is 6.00. The Bertz CT molecular complexity index is 285. The van der Waals surface area contributed by atoms with E-state index in [-0.39, 0.29) is 0 Å². The lowest BCUT2D eigenvalue weighted by Crippen LogP contribution is -2.34. The molecule has 0 bridgehead atoms. The van der Waals surface area contributed by atoms with Crippen LogP contribution in [0.5, 0.6) is 0 Å². The third-order valence-electron chi connectivity index (χ3n) is 3.20. The van der Waals surface area contributed by atoms with Crippen molar-refractivity contribution in [2.45, 2.75) is 39.2 Å². The molecule has 1 fully saturated rings. The molecule has 1 saturated heterocycles. The van der Waals surface area contributed by atoms with Crippen molar-refractivity contribution in [1.29, 1.82) is 0 Å². The van der Waals surface area contributed by atoms with E-state index in [0.717, 1.165) is 43.8 Å². The average Bonchev–Trinajstić information content (AvgIpc) is 2.38. The van der Waals surface area contributed by atoms with Gasteiger partial charge in [0, 0.05) is 25.4 Å². The number of allylic oxidation sites excluding steroid dienone is 1. The largest absolute Gasteiger partial charge is 0.474 e. The Hall–Kier alpha value is -1.03. The first-order valence-electron chi connectivity index (χ1n) is 6.44. The number of rotatable bonds is 4. The molecular formula is C13H25N3O. The summed E-state index contributed by atoms with van der Waals surface area (Å²) in [5.41, 5.74) is 2.32. The van der Waals surface area contributed by atoms with Crippen LogP contribution in [0.25, 0.3) is 0 Å². The average molecular weight is 239 g/mol. The highest BCUT2D eigenvalue weighted by atomic mass is 16.5. The Morgan fingerprint density at radius 2 is 2.06 bits per heavy atom. The van der Waals surface area contributed by atoms with Gasteiger partial charge in [0.2, 0.25) is 5.90 Å². The molecule has 1 aliphatic heterocycles. The first-order valence-corrected chi connectivity index (χ1v) is 6.44. The fourth-order valence-corrected chi connectivity index (χ4v) is 2.14. The van der Waals surface area contributed by atoms with Gasteiger partial charge in [0.05, 0.1) is 0 Å². The molecule has 0 spiro atoms.